The highest BCUT2D eigenvalue weighted by Gasteiger charge is 2.44. The summed E-state index contributed by atoms with van der Waals surface area (Å²) in [6.45, 7) is 7.83. The van der Waals surface area contributed by atoms with Crippen molar-refractivity contribution in [1.29, 1.82) is 0 Å². The van der Waals surface area contributed by atoms with Crippen molar-refractivity contribution in [2.45, 2.75) is 83.2 Å². The number of halogens is 1. The van der Waals surface area contributed by atoms with Crippen LogP contribution in [0.15, 0.2) is 65.2 Å². The maximum atomic E-state index is 14.9. The van der Waals surface area contributed by atoms with Gasteiger partial charge in [0.15, 0.2) is 0 Å². The molecule has 4 heterocycles. The lowest BCUT2D eigenvalue weighted by Gasteiger charge is -2.46. The topological polar surface area (TPSA) is 111 Å². The fraction of sp³-hybridized carbons (Fsp3) is 0.565. The molecule has 2 unspecified atom stereocenters. The lowest BCUT2D eigenvalue weighted by Crippen LogP contribution is -2.49. The molecule has 2 aromatic carbocycles. The Labute approximate surface area is 349 Å². The molecule has 2 aliphatic carbocycles. The van der Waals surface area contributed by atoms with Gasteiger partial charge >= 0.3 is 0 Å². The smallest absolute Gasteiger partial charge is 0.286 e. The quantitative estimate of drug-likeness (QED) is 0.249. The van der Waals surface area contributed by atoms with E-state index in [9.17, 15) is 13.8 Å². The maximum absolute atomic E-state index is 14.9. The second-order valence-electron chi connectivity index (χ2n) is 17.9. The number of rotatable bonds is 6. The zero-order valence-electron chi connectivity index (χ0n) is 34.4. The first kappa shape index (κ1) is 41.1. The number of aryl methyl sites for hydroxylation is 2. The van der Waals surface area contributed by atoms with Gasteiger partial charge in [-0.25, -0.2) is 4.21 Å². The van der Waals surface area contributed by atoms with E-state index in [4.69, 9.17) is 25.8 Å². The Morgan fingerprint density at radius 3 is 2.74 bits per heavy atom. The van der Waals surface area contributed by atoms with Crippen LogP contribution in [0.4, 0.5) is 5.69 Å². The van der Waals surface area contributed by atoms with Crippen molar-refractivity contribution < 1.29 is 28.0 Å². The Balaban J connectivity index is 1.13. The van der Waals surface area contributed by atoms with Gasteiger partial charge in [-0.15, -0.1) is 4.36 Å². The third-order valence-electron chi connectivity index (χ3n) is 13.7. The van der Waals surface area contributed by atoms with E-state index >= 15 is 0 Å². The van der Waals surface area contributed by atoms with E-state index in [1.807, 2.05) is 42.8 Å². The molecule has 0 radical (unpaired) electrons. The zero-order chi connectivity index (χ0) is 40.6. The van der Waals surface area contributed by atoms with Gasteiger partial charge in [0.05, 0.1) is 29.7 Å². The first-order valence-electron chi connectivity index (χ1n) is 21.3. The fourth-order valence-corrected chi connectivity index (χ4v) is 12.4. The largest absolute Gasteiger partial charge is 0.490 e. The van der Waals surface area contributed by atoms with Gasteiger partial charge in [-0.05, 0) is 135 Å². The van der Waals surface area contributed by atoms with Crippen molar-refractivity contribution >= 4 is 39.0 Å². The minimum Gasteiger partial charge on any atom is -0.490 e. The summed E-state index contributed by atoms with van der Waals surface area (Å²) in [4.78, 5) is 30.6. The van der Waals surface area contributed by atoms with Crippen molar-refractivity contribution in [2.75, 3.05) is 50.7 Å². The van der Waals surface area contributed by atoms with E-state index < -0.39 is 21.7 Å². The van der Waals surface area contributed by atoms with Crippen LogP contribution in [0.3, 0.4) is 0 Å². The lowest BCUT2D eigenvalue weighted by atomic mass is 9.68. The number of benzene rings is 2. The number of allylic oxidation sites excluding steroid dienone is 1. The highest BCUT2D eigenvalue weighted by atomic mass is 35.5. The van der Waals surface area contributed by atoms with Crippen molar-refractivity contribution in [2.24, 2.45) is 41.0 Å². The first-order valence-corrected chi connectivity index (χ1v) is 23.3. The van der Waals surface area contributed by atoms with Gasteiger partial charge in [-0.3, -0.25) is 14.3 Å². The third-order valence-corrected chi connectivity index (χ3v) is 16.0. The Morgan fingerprint density at radius 2 is 1.97 bits per heavy atom. The van der Waals surface area contributed by atoms with Crippen LogP contribution >= 0.6 is 11.6 Å². The third kappa shape index (κ3) is 8.65. The number of carbonyl (C=O) groups excluding carboxylic acids is 2. The Morgan fingerprint density at radius 1 is 1.14 bits per heavy atom. The first-order chi connectivity index (χ1) is 27.9. The van der Waals surface area contributed by atoms with Crippen LogP contribution in [0.25, 0.3) is 0 Å². The molecule has 1 N–H and O–H groups in total. The van der Waals surface area contributed by atoms with Crippen molar-refractivity contribution in [1.82, 2.24) is 9.29 Å². The monoisotopic (exact) mass is 830 g/mol. The lowest BCUT2D eigenvalue weighted by molar-refractivity contribution is 0.0131. The molecular formula is C46H59ClN4O6S. The summed E-state index contributed by atoms with van der Waals surface area (Å²) in [5.74, 6) is 1.18. The summed E-state index contributed by atoms with van der Waals surface area (Å²) in [5, 5.41) is 0.743. The second-order valence-corrected chi connectivity index (χ2v) is 20.3. The van der Waals surface area contributed by atoms with Crippen molar-refractivity contribution in [3.63, 3.8) is 0 Å². The van der Waals surface area contributed by atoms with Gasteiger partial charge in [0.2, 0.25) is 0 Å². The molecule has 2 bridgehead atoms. The van der Waals surface area contributed by atoms with Crippen molar-refractivity contribution in [3.05, 3.63) is 93.8 Å². The van der Waals surface area contributed by atoms with E-state index in [-0.39, 0.29) is 23.2 Å². The fourth-order valence-electron chi connectivity index (χ4n) is 10.3. The van der Waals surface area contributed by atoms with Gasteiger partial charge in [0.1, 0.15) is 15.7 Å². The van der Waals surface area contributed by atoms with Crippen LogP contribution in [-0.4, -0.2) is 72.5 Å². The zero-order valence-corrected chi connectivity index (χ0v) is 36.0. The molecule has 1 aromatic heterocycles. The minimum absolute atomic E-state index is 0.0190. The van der Waals surface area contributed by atoms with Gasteiger partial charge in [0, 0.05) is 68.4 Å². The van der Waals surface area contributed by atoms with Crippen LogP contribution in [0, 0.1) is 29.6 Å². The van der Waals surface area contributed by atoms with Crippen LogP contribution in [0.5, 0.6) is 5.75 Å². The summed E-state index contributed by atoms with van der Waals surface area (Å²) >= 11 is 6.49. The Kier molecular flexibility index (Phi) is 12.2. The highest BCUT2D eigenvalue weighted by molar-refractivity contribution is 7.92. The van der Waals surface area contributed by atoms with Gasteiger partial charge in [0.25, 0.3) is 11.8 Å². The summed E-state index contributed by atoms with van der Waals surface area (Å²) in [6.07, 6.45) is 14.6. The van der Waals surface area contributed by atoms with Gasteiger partial charge in [-0.2, -0.15) is 0 Å². The number of hydrogen-bond donors (Lipinski definition) is 1. The summed E-state index contributed by atoms with van der Waals surface area (Å²) < 4.78 is 42.4. The van der Waals surface area contributed by atoms with Gasteiger partial charge < -0.3 is 23.7 Å². The molecule has 1 saturated carbocycles. The number of ether oxygens (including phenoxy) is 3. The average molecular weight is 832 g/mol. The standard InChI is InChI=1S/C46H59ClN4O6S/c1-30-7-5-9-42(55-4)39-13-10-35(39)26-51-28-46(18-6-8-33-22-37(47)12-14-40(33)46)29-57-43-15-11-34(24-41(43)51)44(52)48-58(54,27-30)49-45(53)36-23-38(50(3)25-36)21-31(2)32-16-19-56-20-17-32/h5,9,11-12,14-15,22-25,30-32,35,39,42H,6-8,10,13,16-21,26-29H2,1-4H3,(H,48,49,52,53,54)/b9-5+/t30-,31?,35-,39+,42-,46-,58?/m0/s1. The second kappa shape index (κ2) is 17.1. The number of amides is 2. The van der Waals surface area contributed by atoms with E-state index in [1.54, 1.807) is 19.4 Å². The number of anilines is 1. The van der Waals surface area contributed by atoms with Crippen LogP contribution in [-0.2, 0) is 44.7 Å². The molecule has 12 heteroatoms. The number of nitrogens with zero attached hydrogens (tertiary/aromatic N) is 3. The summed E-state index contributed by atoms with van der Waals surface area (Å²) in [5.41, 5.74) is 4.86. The molecule has 2 amide bonds. The number of hydrogen-bond acceptors (Lipinski definition) is 7. The predicted molar refractivity (Wildman–Crippen MR) is 229 cm³/mol. The molecular weight excluding hydrogens is 772 g/mol. The number of carbonyl (C=O) groups is 2. The minimum atomic E-state index is -3.55. The highest BCUT2D eigenvalue weighted by Crippen LogP contribution is 2.47. The molecule has 10 nitrogen and oxygen atoms in total. The van der Waals surface area contributed by atoms with Gasteiger partial charge in [-0.1, -0.05) is 43.7 Å². The van der Waals surface area contributed by atoms with E-state index in [2.05, 4.69) is 45.2 Å². The Bertz CT molecular complexity index is 2170. The van der Waals surface area contributed by atoms with Crippen LogP contribution in [0.1, 0.15) is 96.3 Å². The molecule has 3 aliphatic heterocycles. The van der Waals surface area contributed by atoms with E-state index in [0.717, 1.165) is 94.1 Å². The molecule has 8 rings (SSSR count). The Hall–Kier alpha value is -3.64. The van der Waals surface area contributed by atoms with E-state index in [0.29, 0.717) is 53.6 Å². The average Bonchev–Trinajstić information content (AvgIpc) is 3.49. The SMILES string of the molecule is CO[C@H]1/C=C/C[C@H](C)CS(=O)(NC(=O)c2cc(CC(C)C3CCOCC3)n(C)c2)=NC(=O)c2ccc3c(c2)N(C[C@@H]2CC[C@H]21)C[C@@]1(CCCc2cc(Cl)ccc21)CO3. The number of nitrogens with one attached hydrogen (secondary N) is 1. The van der Waals surface area contributed by atoms with E-state index in [1.165, 1.54) is 11.1 Å². The number of aromatic nitrogens is 1. The molecule has 3 aromatic rings. The summed E-state index contributed by atoms with van der Waals surface area (Å²) in [7, 11) is 0.162. The molecule has 1 spiro atoms. The summed E-state index contributed by atoms with van der Waals surface area (Å²) in [6, 6.07) is 13.6. The van der Waals surface area contributed by atoms with Crippen LogP contribution in [0.2, 0.25) is 5.02 Å². The maximum Gasteiger partial charge on any atom is 0.286 e. The molecule has 58 heavy (non-hydrogen) atoms. The molecule has 7 atom stereocenters. The molecule has 5 aliphatic rings. The molecule has 312 valence electrons. The van der Waals surface area contributed by atoms with Crippen LogP contribution < -0.4 is 14.4 Å². The normalized spacial score (nSPS) is 30.2. The number of fused-ring (bicyclic) bond motifs is 4. The van der Waals surface area contributed by atoms with Crippen molar-refractivity contribution in [3.8, 4) is 5.75 Å². The molecule has 1 saturated heterocycles. The molecule has 2 fully saturated rings. The predicted octanol–water partition coefficient (Wildman–Crippen LogP) is 8.35. The number of methoxy groups -OCH3 is 1.